The maximum Gasteiger partial charge on any atom is 0.316 e. The Labute approximate surface area is 202 Å². The van der Waals surface area contributed by atoms with Gasteiger partial charge in [0.15, 0.2) is 0 Å². The van der Waals surface area contributed by atoms with Crippen molar-refractivity contribution >= 4 is 46.7 Å². The van der Waals surface area contributed by atoms with E-state index in [4.69, 9.17) is 16.3 Å². The van der Waals surface area contributed by atoms with E-state index in [9.17, 15) is 19.2 Å². The van der Waals surface area contributed by atoms with E-state index < -0.39 is 11.9 Å². The van der Waals surface area contributed by atoms with Crippen molar-refractivity contribution in [3.63, 3.8) is 0 Å². The Morgan fingerprint density at radius 1 is 0.971 bits per heavy atom. The number of imide groups is 1. The molecule has 2 aromatic rings. The molecule has 3 fully saturated rings. The summed E-state index contributed by atoms with van der Waals surface area (Å²) in [7, 11) is 0. The fourth-order valence-corrected chi connectivity index (χ4v) is 5.45. The third-order valence-electron chi connectivity index (χ3n) is 7.08. The van der Waals surface area contributed by atoms with Gasteiger partial charge in [-0.05, 0) is 67.6 Å². The smallest absolute Gasteiger partial charge is 0.316 e. The van der Waals surface area contributed by atoms with E-state index in [-0.39, 0.29) is 42.5 Å². The Kier molecular flexibility index (Phi) is 5.90. The molecule has 2 saturated heterocycles. The minimum Gasteiger partial charge on any atom is -0.426 e. The summed E-state index contributed by atoms with van der Waals surface area (Å²) in [6, 6.07) is 13.3. The molecule has 0 aromatic heterocycles. The summed E-state index contributed by atoms with van der Waals surface area (Å²) < 4.78 is 5.50. The number of fused-ring (bicyclic) bond motifs is 1. The van der Waals surface area contributed by atoms with E-state index in [1.807, 2.05) is 0 Å². The number of nitrogens with zero attached hydrogens (tertiary/aromatic N) is 2. The highest BCUT2D eigenvalue weighted by molar-refractivity contribution is 6.31. The molecule has 1 saturated carbocycles. The lowest BCUT2D eigenvalue weighted by molar-refractivity contribution is -0.139. The summed E-state index contributed by atoms with van der Waals surface area (Å²) in [6.45, 7) is 2.33. The van der Waals surface area contributed by atoms with E-state index in [0.29, 0.717) is 28.1 Å². The summed E-state index contributed by atoms with van der Waals surface area (Å²) in [5.41, 5.74) is 1.13. The Morgan fingerprint density at radius 3 is 2.44 bits per heavy atom. The molecule has 2 aliphatic heterocycles. The molecule has 7 nitrogen and oxygen atoms in total. The van der Waals surface area contributed by atoms with Crippen LogP contribution in [0.1, 0.15) is 32.6 Å². The summed E-state index contributed by atoms with van der Waals surface area (Å²) >= 11 is 6.02. The van der Waals surface area contributed by atoms with Crippen LogP contribution in [0, 0.1) is 23.7 Å². The lowest BCUT2D eigenvalue weighted by Gasteiger charge is -2.25. The highest BCUT2D eigenvalue weighted by Crippen LogP contribution is 2.42. The first-order valence-corrected chi connectivity index (χ1v) is 11.9. The lowest BCUT2D eigenvalue weighted by Crippen LogP contribution is -2.30. The van der Waals surface area contributed by atoms with Gasteiger partial charge in [-0.2, -0.15) is 0 Å². The average Bonchev–Trinajstić information content (AvgIpc) is 3.32. The Bertz CT molecular complexity index is 1160. The SMILES string of the molecule is C[C@@H]1CC[C@@H]2C(=O)N(c3ccc(OC(=O)[C@H]4CC(=O)N(c5cccc(Cl)c5)C4)cc3)C(=O)[C@H]2C1. The number of esters is 1. The van der Waals surface area contributed by atoms with Gasteiger partial charge in [-0.15, -0.1) is 0 Å². The van der Waals surface area contributed by atoms with Crippen LogP contribution in [0.25, 0.3) is 0 Å². The molecule has 8 heteroatoms. The Balaban J connectivity index is 1.24. The highest BCUT2D eigenvalue weighted by Gasteiger charge is 2.50. The van der Waals surface area contributed by atoms with E-state index in [0.717, 1.165) is 19.3 Å². The Hall–Kier alpha value is -3.19. The van der Waals surface area contributed by atoms with Crippen molar-refractivity contribution in [2.24, 2.45) is 23.7 Å². The van der Waals surface area contributed by atoms with Gasteiger partial charge in [-0.1, -0.05) is 24.6 Å². The molecule has 3 amide bonds. The van der Waals surface area contributed by atoms with E-state index in [2.05, 4.69) is 6.92 Å². The minimum absolute atomic E-state index is 0.0570. The molecule has 3 aliphatic rings. The predicted octanol–water partition coefficient (Wildman–Crippen LogP) is 4.22. The van der Waals surface area contributed by atoms with Gasteiger partial charge in [0.25, 0.3) is 0 Å². The number of ether oxygens (including phenoxy) is 1. The van der Waals surface area contributed by atoms with Crippen LogP contribution >= 0.6 is 11.6 Å². The summed E-state index contributed by atoms with van der Waals surface area (Å²) in [4.78, 5) is 53.7. The quantitative estimate of drug-likeness (QED) is 0.371. The summed E-state index contributed by atoms with van der Waals surface area (Å²) in [5, 5.41) is 0.514. The zero-order valence-electron chi connectivity index (χ0n) is 18.8. The van der Waals surface area contributed by atoms with Crippen LogP contribution in [0.15, 0.2) is 48.5 Å². The normalized spacial score (nSPS) is 26.7. The van der Waals surface area contributed by atoms with Crippen molar-refractivity contribution < 1.29 is 23.9 Å². The molecule has 34 heavy (non-hydrogen) atoms. The third kappa shape index (κ3) is 4.09. The van der Waals surface area contributed by atoms with Crippen LogP contribution in [0.3, 0.4) is 0 Å². The van der Waals surface area contributed by atoms with Gasteiger partial charge >= 0.3 is 5.97 Å². The Morgan fingerprint density at radius 2 is 1.71 bits per heavy atom. The zero-order valence-corrected chi connectivity index (χ0v) is 19.5. The first-order chi connectivity index (χ1) is 16.3. The van der Waals surface area contributed by atoms with Crippen LogP contribution in [-0.4, -0.2) is 30.2 Å². The fourth-order valence-electron chi connectivity index (χ4n) is 5.27. The lowest BCUT2D eigenvalue weighted by atomic mass is 9.76. The average molecular weight is 481 g/mol. The molecule has 5 rings (SSSR count). The first kappa shape index (κ1) is 22.6. The molecule has 176 valence electrons. The van der Waals surface area contributed by atoms with Gasteiger partial charge in [0.1, 0.15) is 5.75 Å². The summed E-state index contributed by atoms with van der Waals surface area (Å²) in [6.07, 6.45) is 2.51. The first-order valence-electron chi connectivity index (χ1n) is 11.6. The fraction of sp³-hybridized carbons (Fsp3) is 0.385. The van der Waals surface area contributed by atoms with Gasteiger partial charge in [-0.3, -0.25) is 24.1 Å². The topological polar surface area (TPSA) is 84.0 Å². The maximum atomic E-state index is 12.9. The van der Waals surface area contributed by atoms with Crippen molar-refractivity contribution in [2.45, 2.75) is 32.6 Å². The van der Waals surface area contributed by atoms with Gasteiger partial charge in [0.2, 0.25) is 17.7 Å². The minimum atomic E-state index is -0.599. The van der Waals surface area contributed by atoms with Crippen LogP contribution in [-0.2, 0) is 19.2 Å². The number of rotatable bonds is 4. The van der Waals surface area contributed by atoms with Crippen LogP contribution in [0.4, 0.5) is 11.4 Å². The predicted molar refractivity (Wildman–Crippen MR) is 126 cm³/mol. The van der Waals surface area contributed by atoms with Gasteiger partial charge in [-0.25, -0.2) is 0 Å². The van der Waals surface area contributed by atoms with Crippen LogP contribution < -0.4 is 14.5 Å². The molecule has 0 radical (unpaired) electrons. The molecular formula is C26H25ClN2O5. The molecule has 0 bridgehead atoms. The van der Waals surface area contributed by atoms with Crippen molar-refractivity contribution in [1.82, 2.24) is 0 Å². The number of carbonyl (C=O) groups excluding carboxylic acids is 4. The van der Waals surface area contributed by atoms with Gasteiger partial charge in [0, 0.05) is 23.7 Å². The standard InChI is InChI=1S/C26H25ClN2O5/c1-15-5-10-21-22(11-15)25(32)29(24(21)31)18-6-8-20(9-7-18)34-26(33)16-12-23(30)28(14-16)19-4-2-3-17(27)13-19/h2-4,6-9,13,15-16,21-22H,5,10-12,14H2,1H3/t15-,16+,21+,22+/m1/s1. The number of hydrogen-bond acceptors (Lipinski definition) is 5. The second-order valence-corrected chi connectivity index (χ2v) is 9.88. The molecule has 0 N–H and O–H groups in total. The number of hydrogen-bond donors (Lipinski definition) is 0. The second kappa shape index (κ2) is 8.87. The summed E-state index contributed by atoms with van der Waals surface area (Å²) in [5.74, 6) is -1.28. The third-order valence-corrected chi connectivity index (χ3v) is 7.31. The molecule has 4 atom stereocenters. The number of halogens is 1. The number of amides is 3. The second-order valence-electron chi connectivity index (χ2n) is 9.44. The van der Waals surface area contributed by atoms with Crippen molar-refractivity contribution in [3.05, 3.63) is 53.6 Å². The van der Waals surface area contributed by atoms with Crippen LogP contribution in [0.2, 0.25) is 5.02 Å². The number of anilines is 2. The molecule has 2 heterocycles. The van der Waals surface area contributed by atoms with E-state index >= 15 is 0 Å². The van der Waals surface area contributed by atoms with E-state index in [1.165, 1.54) is 9.80 Å². The molecule has 2 aromatic carbocycles. The van der Waals surface area contributed by atoms with Gasteiger partial charge in [0.05, 0.1) is 23.4 Å². The van der Waals surface area contributed by atoms with Crippen molar-refractivity contribution in [1.29, 1.82) is 0 Å². The molecular weight excluding hydrogens is 456 g/mol. The number of carbonyl (C=O) groups is 4. The van der Waals surface area contributed by atoms with Crippen molar-refractivity contribution in [3.8, 4) is 5.75 Å². The van der Waals surface area contributed by atoms with Crippen molar-refractivity contribution in [2.75, 3.05) is 16.3 Å². The maximum absolute atomic E-state index is 12.9. The highest BCUT2D eigenvalue weighted by atomic mass is 35.5. The molecule has 0 unspecified atom stereocenters. The number of benzene rings is 2. The largest absolute Gasteiger partial charge is 0.426 e. The monoisotopic (exact) mass is 480 g/mol. The van der Waals surface area contributed by atoms with Gasteiger partial charge < -0.3 is 9.64 Å². The van der Waals surface area contributed by atoms with Crippen LogP contribution in [0.5, 0.6) is 5.75 Å². The zero-order chi connectivity index (χ0) is 24.0. The van der Waals surface area contributed by atoms with E-state index in [1.54, 1.807) is 48.5 Å². The molecule has 0 spiro atoms. The molecule has 1 aliphatic carbocycles.